The van der Waals surface area contributed by atoms with Crippen molar-refractivity contribution in [1.29, 1.82) is 0 Å². The van der Waals surface area contributed by atoms with Crippen molar-refractivity contribution in [2.45, 2.75) is 47.5 Å². The van der Waals surface area contributed by atoms with Gasteiger partial charge in [0, 0.05) is 12.0 Å². The molecular weight excluding hydrogens is 396 g/mol. The number of ketones is 1. The largest absolute Gasteiger partial charge is 0.478 e. The molecule has 168 valence electrons. The van der Waals surface area contributed by atoms with Crippen LogP contribution in [0, 0.1) is 11.3 Å². The molecule has 1 aliphatic rings. The van der Waals surface area contributed by atoms with Gasteiger partial charge in [0.25, 0.3) is 0 Å². The second-order valence-electron chi connectivity index (χ2n) is 9.07. The number of carbonyl (C=O) groups excluding carboxylic acids is 1. The molecule has 0 radical (unpaired) electrons. The van der Waals surface area contributed by atoms with E-state index in [4.69, 9.17) is 5.11 Å². The van der Waals surface area contributed by atoms with Gasteiger partial charge in [-0.2, -0.15) is 0 Å². The second kappa shape index (κ2) is 11.4. The summed E-state index contributed by atoms with van der Waals surface area (Å²) in [5.74, 6) is -0.712. The van der Waals surface area contributed by atoms with E-state index >= 15 is 0 Å². The highest BCUT2D eigenvalue weighted by molar-refractivity contribution is 5.99. The molecule has 1 N–H and O–H groups in total. The van der Waals surface area contributed by atoms with E-state index in [1.807, 2.05) is 50.3 Å². The minimum absolute atomic E-state index is 0.00526. The minimum atomic E-state index is -0.951. The van der Waals surface area contributed by atoms with E-state index in [2.05, 4.69) is 44.2 Å². The molecular formula is C29H34O3. The standard InChI is InChI=1S/C29H34O3/c1-21(11-9-12-22(2)19-27(30)31)17-18-26-23(3)28(32)25(20-29(26,4)5)16-10-15-24-13-7-6-8-14-24/h6-15,17-19,25H,16,20H2,1-5H3,(H,30,31)/b12-9+,15-10-,18-17+,21-11+,22-19+. The first-order valence-corrected chi connectivity index (χ1v) is 11.0. The Labute approximate surface area is 192 Å². The topological polar surface area (TPSA) is 54.4 Å². The van der Waals surface area contributed by atoms with E-state index in [1.54, 1.807) is 13.0 Å². The van der Waals surface area contributed by atoms with Crippen molar-refractivity contribution in [3.63, 3.8) is 0 Å². The molecule has 0 amide bonds. The molecule has 1 aromatic rings. The lowest BCUT2D eigenvalue weighted by Gasteiger charge is -2.36. The van der Waals surface area contributed by atoms with Crippen molar-refractivity contribution in [3.05, 3.63) is 101 Å². The van der Waals surface area contributed by atoms with Gasteiger partial charge in [0.1, 0.15) is 0 Å². The summed E-state index contributed by atoms with van der Waals surface area (Å²) in [4.78, 5) is 23.7. The lowest BCUT2D eigenvalue weighted by molar-refractivity contribution is -0.131. The highest BCUT2D eigenvalue weighted by Crippen LogP contribution is 2.43. The van der Waals surface area contributed by atoms with Crippen LogP contribution in [0.1, 0.15) is 53.0 Å². The van der Waals surface area contributed by atoms with Crippen LogP contribution in [0.5, 0.6) is 0 Å². The smallest absolute Gasteiger partial charge is 0.328 e. The van der Waals surface area contributed by atoms with Crippen molar-refractivity contribution in [2.24, 2.45) is 11.3 Å². The van der Waals surface area contributed by atoms with Gasteiger partial charge in [-0.25, -0.2) is 4.79 Å². The van der Waals surface area contributed by atoms with Crippen LogP contribution in [0.2, 0.25) is 0 Å². The summed E-state index contributed by atoms with van der Waals surface area (Å²) in [6.07, 6.45) is 16.5. The molecule has 0 saturated heterocycles. The molecule has 3 heteroatoms. The zero-order valence-electron chi connectivity index (χ0n) is 19.8. The second-order valence-corrected chi connectivity index (χ2v) is 9.07. The Hall–Kier alpha value is -3.20. The van der Waals surface area contributed by atoms with E-state index in [1.165, 1.54) is 6.08 Å². The third-order valence-electron chi connectivity index (χ3n) is 5.74. The number of rotatable bonds is 8. The average molecular weight is 431 g/mol. The van der Waals surface area contributed by atoms with Crippen molar-refractivity contribution in [1.82, 2.24) is 0 Å². The minimum Gasteiger partial charge on any atom is -0.478 e. The van der Waals surface area contributed by atoms with Gasteiger partial charge in [-0.15, -0.1) is 0 Å². The lowest BCUT2D eigenvalue weighted by atomic mass is 9.67. The first-order valence-electron chi connectivity index (χ1n) is 11.0. The Morgan fingerprint density at radius 2 is 1.78 bits per heavy atom. The molecule has 1 unspecified atom stereocenters. The van der Waals surface area contributed by atoms with Gasteiger partial charge in [-0.3, -0.25) is 4.79 Å². The van der Waals surface area contributed by atoms with Crippen LogP contribution in [-0.4, -0.2) is 16.9 Å². The molecule has 32 heavy (non-hydrogen) atoms. The predicted octanol–water partition coefficient (Wildman–Crippen LogP) is 7.11. The quantitative estimate of drug-likeness (QED) is 0.353. The summed E-state index contributed by atoms with van der Waals surface area (Å²) in [5.41, 5.74) is 4.70. The van der Waals surface area contributed by atoms with Crippen molar-refractivity contribution in [3.8, 4) is 0 Å². The van der Waals surface area contributed by atoms with Gasteiger partial charge in [-0.05, 0) is 61.3 Å². The molecule has 0 saturated carbocycles. The third-order valence-corrected chi connectivity index (χ3v) is 5.74. The molecule has 0 fully saturated rings. The third kappa shape index (κ3) is 7.49. The lowest BCUT2D eigenvalue weighted by Crippen LogP contribution is -2.32. The molecule has 0 spiro atoms. The van der Waals surface area contributed by atoms with Gasteiger partial charge in [0.05, 0.1) is 0 Å². The number of aliphatic carboxylic acids is 1. The number of hydrogen-bond donors (Lipinski definition) is 1. The predicted molar refractivity (Wildman–Crippen MR) is 133 cm³/mol. The maximum absolute atomic E-state index is 13.0. The summed E-state index contributed by atoms with van der Waals surface area (Å²) >= 11 is 0. The van der Waals surface area contributed by atoms with E-state index < -0.39 is 5.97 Å². The molecule has 0 heterocycles. The fourth-order valence-electron chi connectivity index (χ4n) is 4.10. The highest BCUT2D eigenvalue weighted by atomic mass is 16.4. The highest BCUT2D eigenvalue weighted by Gasteiger charge is 2.36. The Morgan fingerprint density at radius 1 is 1.09 bits per heavy atom. The Balaban J connectivity index is 2.12. The van der Waals surface area contributed by atoms with Gasteiger partial charge >= 0.3 is 5.97 Å². The Morgan fingerprint density at radius 3 is 2.44 bits per heavy atom. The molecule has 2 rings (SSSR count). The number of carboxylic acid groups (broad SMARTS) is 1. The van der Waals surface area contributed by atoms with Crippen molar-refractivity contribution >= 4 is 17.8 Å². The molecule has 0 aromatic heterocycles. The molecule has 1 atom stereocenters. The monoisotopic (exact) mass is 430 g/mol. The van der Waals surface area contributed by atoms with Crippen LogP contribution in [0.25, 0.3) is 6.08 Å². The molecule has 0 aliphatic heterocycles. The number of hydrogen-bond acceptors (Lipinski definition) is 2. The van der Waals surface area contributed by atoms with E-state index in [-0.39, 0.29) is 17.1 Å². The zero-order chi connectivity index (χ0) is 23.7. The Bertz CT molecular complexity index is 1010. The van der Waals surface area contributed by atoms with Gasteiger partial charge < -0.3 is 5.11 Å². The summed E-state index contributed by atoms with van der Waals surface area (Å²) in [7, 11) is 0. The summed E-state index contributed by atoms with van der Waals surface area (Å²) in [6.45, 7) is 10.1. The zero-order valence-corrected chi connectivity index (χ0v) is 19.8. The van der Waals surface area contributed by atoms with Crippen LogP contribution < -0.4 is 0 Å². The summed E-state index contributed by atoms with van der Waals surface area (Å²) in [6, 6.07) is 10.1. The number of benzene rings is 1. The number of carbonyl (C=O) groups is 2. The fourth-order valence-corrected chi connectivity index (χ4v) is 4.10. The summed E-state index contributed by atoms with van der Waals surface area (Å²) in [5, 5.41) is 8.76. The van der Waals surface area contributed by atoms with Crippen molar-refractivity contribution in [2.75, 3.05) is 0 Å². The fraction of sp³-hybridized carbons (Fsp3) is 0.310. The van der Waals surface area contributed by atoms with Crippen molar-refractivity contribution < 1.29 is 14.7 Å². The normalized spacial score (nSPS) is 20.2. The van der Waals surface area contributed by atoms with E-state index in [0.29, 0.717) is 5.57 Å². The van der Waals surface area contributed by atoms with Gasteiger partial charge in [0.2, 0.25) is 0 Å². The van der Waals surface area contributed by atoms with Crippen LogP contribution in [0.4, 0.5) is 0 Å². The SMILES string of the molecule is CC1=C(/C=C/C(C)=C/C=C/C(C)=C/C(=O)O)C(C)(C)CC(C/C=C\c2ccccc2)C1=O. The van der Waals surface area contributed by atoms with Crippen LogP contribution in [-0.2, 0) is 9.59 Å². The number of Topliss-reactive ketones (excluding diaryl/α,β-unsaturated/α-hetero) is 1. The maximum Gasteiger partial charge on any atom is 0.328 e. The first kappa shape index (κ1) is 25.1. The summed E-state index contributed by atoms with van der Waals surface area (Å²) < 4.78 is 0. The van der Waals surface area contributed by atoms with Crippen LogP contribution in [0.3, 0.4) is 0 Å². The first-order chi connectivity index (χ1) is 15.1. The Kier molecular flexibility index (Phi) is 8.95. The molecule has 0 bridgehead atoms. The average Bonchev–Trinajstić information content (AvgIpc) is 2.71. The van der Waals surface area contributed by atoms with Crippen LogP contribution in [0.15, 0.2) is 95.2 Å². The number of allylic oxidation sites excluding steroid dienone is 10. The maximum atomic E-state index is 13.0. The van der Waals surface area contributed by atoms with E-state index in [0.717, 1.165) is 35.1 Å². The molecule has 3 nitrogen and oxygen atoms in total. The van der Waals surface area contributed by atoms with Gasteiger partial charge in [0.15, 0.2) is 5.78 Å². The van der Waals surface area contributed by atoms with Gasteiger partial charge in [-0.1, -0.05) is 92.3 Å². The molecule has 1 aromatic carbocycles. The molecule has 1 aliphatic carbocycles. The number of carboxylic acids is 1. The van der Waals surface area contributed by atoms with Crippen LogP contribution >= 0.6 is 0 Å². The van der Waals surface area contributed by atoms with E-state index in [9.17, 15) is 9.59 Å².